The quantitative estimate of drug-likeness (QED) is 0.763. The number of ether oxygens (including phenoxy) is 1. The molecule has 1 aliphatic carbocycles. The number of hydrogen-bond acceptors (Lipinski definition) is 2. The van der Waals surface area contributed by atoms with Crippen LogP contribution in [0, 0.1) is 0 Å². The molecule has 2 aromatic carbocycles. The van der Waals surface area contributed by atoms with Gasteiger partial charge in [0.25, 0.3) is 0 Å². The van der Waals surface area contributed by atoms with Crippen molar-refractivity contribution in [3.8, 4) is 11.1 Å². The summed E-state index contributed by atoms with van der Waals surface area (Å²) in [5, 5.41) is 0. The number of fused-ring (bicyclic) bond motifs is 3. The third-order valence-electron chi connectivity index (χ3n) is 3.62. The number of hydrogen-bond donors (Lipinski definition) is 0. The number of benzene rings is 2. The molecule has 2 aromatic rings. The highest BCUT2D eigenvalue weighted by Crippen LogP contribution is 2.35. The predicted molar refractivity (Wildman–Crippen MR) is 75.2 cm³/mol. The lowest BCUT2D eigenvalue weighted by molar-refractivity contribution is 0.0525. The number of carbonyl (C=O) groups excluding carboxylic acids is 1. The topological polar surface area (TPSA) is 26.3 Å². The van der Waals surface area contributed by atoms with Crippen molar-refractivity contribution in [2.75, 3.05) is 6.61 Å². The van der Waals surface area contributed by atoms with E-state index in [9.17, 15) is 4.79 Å². The summed E-state index contributed by atoms with van der Waals surface area (Å²) in [5.41, 5.74) is 5.62. The first-order chi connectivity index (χ1) is 9.31. The molecule has 0 spiro atoms. The maximum atomic E-state index is 12.0. The molecule has 0 atom stereocenters. The van der Waals surface area contributed by atoms with Crippen molar-refractivity contribution in [3.05, 3.63) is 59.2 Å². The molecule has 19 heavy (non-hydrogen) atoms. The summed E-state index contributed by atoms with van der Waals surface area (Å²) >= 11 is 0. The third kappa shape index (κ3) is 2.03. The highest BCUT2D eigenvalue weighted by molar-refractivity contribution is 5.94. The van der Waals surface area contributed by atoms with Crippen molar-refractivity contribution < 1.29 is 9.53 Å². The molecular formula is C17H16O2. The summed E-state index contributed by atoms with van der Waals surface area (Å²) in [4.78, 5) is 12.0. The number of esters is 1. The molecule has 0 fully saturated rings. The van der Waals surface area contributed by atoms with Crippen molar-refractivity contribution in [2.45, 2.75) is 19.8 Å². The Morgan fingerprint density at radius 2 is 1.84 bits per heavy atom. The van der Waals surface area contributed by atoms with Gasteiger partial charge in [0.2, 0.25) is 0 Å². The molecule has 2 heteroatoms. The molecule has 96 valence electrons. The Balaban J connectivity index is 2.13. The van der Waals surface area contributed by atoms with Crippen molar-refractivity contribution in [1.29, 1.82) is 0 Å². The van der Waals surface area contributed by atoms with E-state index in [0.717, 1.165) is 18.4 Å². The zero-order valence-electron chi connectivity index (χ0n) is 11.0. The molecule has 0 bridgehead atoms. The summed E-state index contributed by atoms with van der Waals surface area (Å²) in [7, 11) is 0. The highest BCUT2D eigenvalue weighted by Gasteiger charge is 2.21. The average molecular weight is 252 g/mol. The van der Waals surface area contributed by atoms with E-state index >= 15 is 0 Å². The SMILES string of the molecule is CCOC(=O)c1cccc2c1CCc1ccccc1-2. The van der Waals surface area contributed by atoms with Gasteiger partial charge in [0, 0.05) is 0 Å². The molecule has 0 heterocycles. The lowest BCUT2D eigenvalue weighted by Gasteiger charge is -2.21. The molecule has 0 unspecified atom stereocenters. The Hall–Kier alpha value is -2.09. The largest absolute Gasteiger partial charge is 0.462 e. The fourth-order valence-electron chi connectivity index (χ4n) is 2.77. The Bertz CT molecular complexity index is 629. The van der Waals surface area contributed by atoms with E-state index in [-0.39, 0.29) is 5.97 Å². The van der Waals surface area contributed by atoms with E-state index < -0.39 is 0 Å². The second kappa shape index (κ2) is 4.88. The Morgan fingerprint density at radius 1 is 1.05 bits per heavy atom. The Kier molecular flexibility index (Phi) is 3.08. The number of rotatable bonds is 2. The molecule has 0 saturated heterocycles. The normalized spacial score (nSPS) is 12.5. The number of carbonyl (C=O) groups is 1. The van der Waals surface area contributed by atoms with Crippen LogP contribution in [0.25, 0.3) is 11.1 Å². The summed E-state index contributed by atoms with van der Waals surface area (Å²) in [6.07, 6.45) is 1.89. The van der Waals surface area contributed by atoms with Gasteiger partial charge in [0.1, 0.15) is 0 Å². The fourth-order valence-corrected chi connectivity index (χ4v) is 2.77. The smallest absolute Gasteiger partial charge is 0.338 e. The first-order valence-corrected chi connectivity index (χ1v) is 6.68. The standard InChI is InChI=1S/C17H16O2/c1-2-19-17(18)16-9-5-8-14-13-7-4-3-6-12(13)10-11-15(14)16/h3-9H,2,10-11H2,1H3. The van der Waals surface area contributed by atoms with Gasteiger partial charge < -0.3 is 4.74 Å². The second-order valence-corrected chi connectivity index (χ2v) is 4.71. The van der Waals surface area contributed by atoms with Gasteiger partial charge in [0.15, 0.2) is 0 Å². The van der Waals surface area contributed by atoms with Gasteiger partial charge in [-0.15, -0.1) is 0 Å². The van der Waals surface area contributed by atoms with Gasteiger partial charge in [0.05, 0.1) is 12.2 Å². The zero-order chi connectivity index (χ0) is 13.2. The summed E-state index contributed by atoms with van der Waals surface area (Å²) < 4.78 is 5.14. The Morgan fingerprint density at radius 3 is 2.68 bits per heavy atom. The summed E-state index contributed by atoms with van der Waals surface area (Å²) in [6.45, 7) is 2.25. The maximum absolute atomic E-state index is 12.0. The lowest BCUT2D eigenvalue weighted by Crippen LogP contribution is -2.12. The van der Waals surface area contributed by atoms with E-state index in [1.165, 1.54) is 16.7 Å². The molecule has 0 N–H and O–H groups in total. The van der Waals surface area contributed by atoms with Crippen LogP contribution < -0.4 is 0 Å². The van der Waals surface area contributed by atoms with Crippen LogP contribution in [-0.2, 0) is 17.6 Å². The van der Waals surface area contributed by atoms with Crippen LogP contribution in [0.4, 0.5) is 0 Å². The highest BCUT2D eigenvalue weighted by atomic mass is 16.5. The molecule has 0 radical (unpaired) electrons. The molecule has 0 amide bonds. The van der Waals surface area contributed by atoms with E-state index in [1.54, 1.807) is 0 Å². The van der Waals surface area contributed by atoms with E-state index in [0.29, 0.717) is 12.2 Å². The molecule has 1 aliphatic rings. The second-order valence-electron chi connectivity index (χ2n) is 4.71. The van der Waals surface area contributed by atoms with Crippen molar-refractivity contribution in [3.63, 3.8) is 0 Å². The minimum atomic E-state index is -0.210. The van der Waals surface area contributed by atoms with Crippen molar-refractivity contribution in [1.82, 2.24) is 0 Å². The predicted octanol–water partition coefficient (Wildman–Crippen LogP) is 3.63. The zero-order valence-corrected chi connectivity index (χ0v) is 11.0. The first-order valence-electron chi connectivity index (χ1n) is 6.68. The van der Waals surface area contributed by atoms with Gasteiger partial charge >= 0.3 is 5.97 Å². The Labute approximate surface area is 113 Å². The van der Waals surface area contributed by atoms with Crippen LogP contribution in [0.3, 0.4) is 0 Å². The van der Waals surface area contributed by atoms with E-state index in [2.05, 4.69) is 24.3 Å². The van der Waals surface area contributed by atoms with Crippen LogP contribution in [0.1, 0.15) is 28.4 Å². The monoisotopic (exact) mass is 252 g/mol. The van der Waals surface area contributed by atoms with Crippen LogP contribution in [0.5, 0.6) is 0 Å². The minimum Gasteiger partial charge on any atom is -0.462 e. The molecule has 2 nitrogen and oxygen atoms in total. The first kappa shape index (κ1) is 12.0. The molecule has 0 aromatic heterocycles. The van der Waals surface area contributed by atoms with Gasteiger partial charge in [-0.1, -0.05) is 36.4 Å². The molecule has 3 rings (SSSR count). The molecule has 0 aliphatic heterocycles. The van der Waals surface area contributed by atoms with E-state index in [1.807, 2.05) is 25.1 Å². The van der Waals surface area contributed by atoms with Crippen LogP contribution in [-0.4, -0.2) is 12.6 Å². The van der Waals surface area contributed by atoms with Gasteiger partial charge in [-0.3, -0.25) is 0 Å². The summed E-state index contributed by atoms with van der Waals surface area (Å²) in [5.74, 6) is -0.210. The summed E-state index contributed by atoms with van der Waals surface area (Å²) in [6, 6.07) is 14.3. The van der Waals surface area contributed by atoms with E-state index in [4.69, 9.17) is 4.74 Å². The van der Waals surface area contributed by atoms with Crippen LogP contribution >= 0.6 is 0 Å². The molecular weight excluding hydrogens is 236 g/mol. The lowest BCUT2D eigenvalue weighted by atomic mass is 9.83. The van der Waals surface area contributed by atoms with Crippen molar-refractivity contribution in [2.24, 2.45) is 0 Å². The fraction of sp³-hybridized carbons (Fsp3) is 0.235. The van der Waals surface area contributed by atoms with Gasteiger partial charge in [-0.05, 0) is 48.1 Å². The van der Waals surface area contributed by atoms with Crippen LogP contribution in [0.15, 0.2) is 42.5 Å². The van der Waals surface area contributed by atoms with Gasteiger partial charge in [-0.25, -0.2) is 4.79 Å². The third-order valence-corrected chi connectivity index (χ3v) is 3.62. The maximum Gasteiger partial charge on any atom is 0.338 e. The van der Waals surface area contributed by atoms with Gasteiger partial charge in [-0.2, -0.15) is 0 Å². The number of aryl methyl sites for hydroxylation is 1. The van der Waals surface area contributed by atoms with Crippen LogP contribution in [0.2, 0.25) is 0 Å². The average Bonchev–Trinajstić information content (AvgIpc) is 2.46. The van der Waals surface area contributed by atoms with Crippen molar-refractivity contribution >= 4 is 5.97 Å². The minimum absolute atomic E-state index is 0.210. The molecule has 0 saturated carbocycles.